The van der Waals surface area contributed by atoms with Gasteiger partial charge in [-0.2, -0.15) is 0 Å². The van der Waals surface area contributed by atoms with E-state index < -0.39 is 4.92 Å². The number of nitrogens with zero attached hydrogens (tertiary/aromatic N) is 5. The van der Waals surface area contributed by atoms with Crippen molar-refractivity contribution in [1.29, 1.82) is 0 Å². The van der Waals surface area contributed by atoms with Crippen molar-refractivity contribution in [3.8, 4) is 0 Å². The lowest BCUT2D eigenvalue weighted by atomic mass is 10.6. The summed E-state index contributed by atoms with van der Waals surface area (Å²) >= 11 is 6.68. The summed E-state index contributed by atoms with van der Waals surface area (Å²) in [7, 11) is 1.78. The molecule has 0 N–H and O–H groups in total. The second-order valence-corrected chi connectivity index (χ2v) is 4.30. The highest BCUT2D eigenvalue weighted by atomic mass is 35.5. The van der Waals surface area contributed by atoms with Gasteiger partial charge in [0.05, 0.1) is 4.92 Å². The lowest BCUT2D eigenvalue weighted by molar-refractivity contribution is -0.388. The van der Waals surface area contributed by atoms with E-state index in [4.69, 9.17) is 11.6 Å². The van der Waals surface area contributed by atoms with E-state index in [1.807, 2.05) is 0 Å². The average molecular weight is 272 g/mol. The second-order valence-electron chi connectivity index (χ2n) is 3.01. The summed E-state index contributed by atoms with van der Waals surface area (Å²) in [5.74, 6) is 0. The smallest absolute Gasteiger partial charge is 0.320 e. The maximum absolute atomic E-state index is 10.8. The van der Waals surface area contributed by atoms with Crippen molar-refractivity contribution < 1.29 is 4.92 Å². The third kappa shape index (κ3) is 2.53. The first kappa shape index (κ1) is 11.8. The fourth-order valence-electron chi connectivity index (χ4n) is 1.08. The molecule has 0 unspecified atom stereocenters. The van der Waals surface area contributed by atoms with E-state index in [2.05, 4.69) is 15.0 Å². The highest BCUT2D eigenvalue weighted by Crippen LogP contribution is 2.31. The van der Waals surface area contributed by atoms with Crippen molar-refractivity contribution in [2.24, 2.45) is 7.05 Å². The molecule has 0 aliphatic rings. The van der Waals surface area contributed by atoms with Gasteiger partial charge in [0.15, 0.2) is 10.2 Å². The third-order valence-corrected chi connectivity index (χ3v) is 3.12. The Morgan fingerprint density at radius 1 is 1.53 bits per heavy atom. The van der Waals surface area contributed by atoms with E-state index in [9.17, 15) is 10.1 Å². The molecule has 0 saturated carbocycles. The van der Waals surface area contributed by atoms with Crippen molar-refractivity contribution in [3.63, 3.8) is 0 Å². The molecular weight excluding hydrogens is 266 g/mol. The maximum Gasteiger partial charge on any atom is 0.320 e. The summed E-state index contributed by atoms with van der Waals surface area (Å²) in [5.41, 5.74) is -0.192. The van der Waals surface area contributed by atoms with E-state index in [-0.39, 0.29) is 16.0 Å². The summed E-state index contributed by atoms with van der Waals surface area (Å²) in [6.07, 6.45) is 4.41. The number of hydrogen-bond acceptors (Lipinski definition) is 6. The number of aromatic nitrogens is 4. The Balaban J connectivity index is 2.41. The Hall–Kier alpha value is -1.67. The van der Waals surface area contributed by atoms with Crippen LogP contribution in [0.1, 0.15) is 0 Å². The number of halogens is 1. The minimum atomic E-state index is -0.554. The minimum absolute atomic E-state index is 0.0349. The summed E-state index contributed by atoms with van der Waals surface area (Å²) in [6.45, 7) is 0. The van der Waals surface area contributed by atoms with E-state index in [1.54, 1.807) is 24.0 Å². The van der Waals surface area contributed by atoms with Gasteiger partial charge >= 0.3 is 5.69 Å². The number of imidazole rings is 1. The first-order valence-corrected chi connectivity index (χ1v) is 5.59. The summed E-state index contributed by atoms with van der Waals surface area (Å²) < 4.78 is 1.73. The van der Waals surface area contributed by atoms with Gasteiger partial charge in [-0.1, -0.05) is 0 Å². The van der Waals surface area contributed by atoms with Crippen LogP contribution in [0, 0.1) is 10.1 Å². The molecule has 2 aromatic heterocycles. The van der Waals surface area contributed by atoms with Crippen LogP contribution >= 0.6 is 23.4 Å². The van der Waals surface area contributed by atoms with Gasteiger partial charge in [-0.3, -0.25) is 10.1 Å². The van der Waals surface area contributed by atoms with Gasteiger partial charge in [-0.25, -0.2) is 15.0 Å². The van der Waals surface area contributed by atoms with Crippen LogP contribution in [0.4, 0.5) is 5.69 Å². The number of rotatable bonds is 3. The van der Waals surface area contributed by atoms with Crippen LogP contribution in [0.15, 0.2) is 28.8 Å². The fourth-order valence-corrected chi connectivity index (χ4v) is 2.12. The predicted molar refractivity (Wildman–Crippen MR) is 61.0 cm³/mol. The van der Waals surface area contributed by atoms with Crippen LogP contribution in [0.3, 0.4) is 0 Å². The molecule has 0 aliphatic heterocycles. The van der Waals surface area contributed by atoms with Crippen LogP contribution in [-0.4, -0.2) is 24.4 Å². The molecule has 9 heteroatoms. The topological polar surface area (TPSA) is 86.7 Å². The molecule has 0 aromatic carbocycles. The lowest BCUT2D eigenvalue weighted by Gasteiger charge is -2.01. The molecule has 2 aromatic rings. The maximum atomic E-state index is 10.8. The van der Waals surface area contributed by atoms with Gasteiger partial charge in [0.1, 0.15) is 6.20 Å². The molecule has 2 rings (SSSR count). The van der Waals surface area contributed by atoms with Crippen molar-refractivity contribution in [2.75, 3.05) is 0 Å². The Kier molecular flexibility index (Phi) is 3.25. The van der Waals surface area contributed by atoms with E-state index in [1.165, 1.54) is 0 Å². The van der Waals surface area contributed by atoms with Crippen LogP contribution < -0.4 is 0 Å². The Bertz CT molecular complexity index is 573. The fraction of sp³-hybridized carbons (Fsp3) is 0.125. The zero-order valence-electron chi connectivity index (χ0n) is 8.57. The molecule has 88 valence electrons. The van der Waals surface area contributed by atoms with Crippen molar-refractivity contribution in [1.82, 2.24) is 19.5 Å². The molecule has 0 fully saturated rings. The highest BCUT2D eigenvalue weighted by Gasteiger charge is 2.19. The van der Waals surface area contributed by atoms with Crippen LogP contribution in [0.2, 0.25) is 5.28 Å². The Morgan fingerprint density at radius 2 is 2.29 bits per heavy atom. The zero-order chi connectivity index (χ0) is 12.4. The van der Waals surface area contributed by atoms with Gasteiger partial charge in [0.25, 0.3) is 0 Å². The molecule has 2 heterocycles. The van der Waals surface area contributed by atoms with Gasteiger partial charge in [-0.05, 0) is 23.4 Å². The SMILES string of the molecule is Cn1ccnc1Sc1nc(Cl)ncc1[N+](=O)[O-]. The quantitative estimate of drug-likeness (QED) is 0.367. The molecule has 0 radical (unpaired) electrons. The molecule has 7 nitrogen and oxygen atoms in total. The summed E-state index contributed by atoms with van der Waals surface area (Å²) in [4.78, 5) is 21.7. The molecule has 17 heavy (non-hydrogen) atoms. The highest BCUT2D eigenvalue weighted by molar-refractivity contribution is 7.99. The van der Waals surface area contributed by atoms with Crippen molar-refractivity contribution in [2.45, 2.75) is 10.2 Å². The summed E-state index contributed by atoms with van der Waals surface area (Å²) in [6, 6.07) is 0. The number of aryl methyl sites for hydroxylation is 1. The van der Waals surface area contributed by atoms with E-state index in [0.29, 0.717) is 5.16 Å². The van der Waals surface area contributed by atoms with Crippen LogP contribution in [0.5, 0.6) is 0 Å². The number of hydrogen-bond donors (Lipinski definition) is 0. The van der Waals surface area contributed by atoms with Crippen LogP contribution in [-0.2, 0) is 7.05 Å². The van der Waals surface area contributed by atoms with Crippen molar-refractivity contribution >= 4 is 29.1 Å². The molecule has 0 bridgehead atoms. The van der Waals surface area contributed by atoms with Gasteiger partial charge < -0.3 is 4.57 Å². The second kappa shape index (κ2) is 4.68. The van der Waals surface area contributed by atoms with E-state index in [0.717, 1.165) is 18.0 Å². The average Bonchev–Trinajstić information content (AvgIpc) is 2.64. The standard InChI is InChI=1S/C8H6ClN5O2S/c1-13-3-2-10-8(13)17-6-5(14(15)16)4-11-7(9)12-6/h2-4H,1H3. The van der Waals surface area contributed by atoms with Crippen LogP contribution in [0.25, 0.3) is 0 Å². The predicted octanol–water partition coefficient (Wildman–Crippen LogP) is 1.92. The molecule has 0 atom stereocenters. The molecule has 0 spiro atoms. The van der Waals surface area contributed by atoms with Gasteiger partial charge in [0.2, 0.25) is 5.28 Å². The molecule has 0 saturated heterocycles. The van der Waals surface area contributed by atoms with Crippen molar-refractivity contribution in [3.05, 3.63) is 34.0 Å². The first-order chi connectivity index (χ1) is 8.08. The Labute approximate surface area is 105 Å². The number of nitro groups is 1. The monoisotopic (exact) mass is 271 g/mol. The van der Waals surface area contributed by atoms with Gasteiger partial charge in [-0.15, -0.1) is 0 Å². The molecular formula is C8H6ClN5O2S. The normalized spacial score (nSPS) is 10.5. The molecule has 0 amide bonds. The minimum Gasteiger partial charge on any atom is -0.329 e. The Morgan fingerprint density at radius 3 is 2.88 bits per heavy atom. The first-order valence-electron chi connectivity index (χ1n) is 4.40. The molecule has 0 aliphatic carbocycles. The summed E-state index contributed by atoms with van der Waals surface area (Å²) in [5, 5.41) is 11.5. The third-order valence-electron chi connectivity index (χ3n) is 1.87. The largest absolute Gasteiger partial charge is 0.329 e. The lowest BCUT2D eigenvalue weighted by Crippen LogP contribution is -1.97. The zero-order valence-corrected chi connectivity index (χ0v) is 10.1. The van der Waals surface area contributed by atoms with E-state index >= 15 is 0 Å². The van der Waals surface area contributed by atoms with Gasteiger partial charge in [0, 0.05) is 19.4 Å².